The van der Waals surface area contributed by atoms with E-state index in [4.69, 9.17) is 19.4 Å². The molecule has 1 unspecified atom stereocenters. The van der Waals surface area contributed by atoms with E-state index in [0.29, 0.717) is 12.0 Å². The van der Waals surface area contributed by atoms with Crippen LogP contribution in [-0.4, -0.2) is 33.0 Å². The van der Waals surface area contributed by atoms with Crippen molar-refractivity contribution in [2.75, 3.05) is 13.1 Å². The average Bonchev–Trinajstić information content (AvgIpc) is 3.88. The summed E-state index contributed by atoms with van der Waals surface area (Å²) in [5.74, 6) is 2.11. The van der Waals surface area contributed by atoms with Crippen LogP contribution in [0.15, 0.2) is 185 Å². The van der Waals surface area contributed by atoms with Crippen LogP contribution < -0.4 is 15.9 Å². The van der Waals surface area contributed by atoms with Crippen LogP contribution >= 0.6 is 27.3 Å². The Balaban J connectivity index is 0.000000137. The monoisotopic (exact) mass is 940 g/mol. The maximum absolute atomic E-state index is 6.22. The molecule has 1 aliphatic heterocycles. The van der Waals surface area contributed by atoms with Crippen LogP contribution in [0, 0.1) is 24.4 Å². The first-order chi connectivity index (χ1) is 29.1. The Labute approximate surface area is 375 Å². The van der Waals surface area contributed by atoms with Gasteiger partial charge in [-0.1, -0.05) is 98.7 Å². The van der Waals surface area contributed by atoms with Gasteiger partial charge >= 0.3 is 121 Å². The van der Waals surface area contributed by atoms with Gasteiger partial charge in [-0.25, -0.2) is 0 Å². The fourth-order valence-corrected chi connectivity index (χ4v) is 15.1. The predicted molar refractivity (Wildman–Crippen MR) is 262 cm³/mol. The SMILES string of the molecule is CC1=CC(C)=C(N2[CH-]N([C@H]3C(C)=CC(C)C[C@H]3C)CC2)[C@@H](C)C1.[Cl][Ru]([Cl])=[C]1C=C(c2ccccc2)C2=CCCC=C21.c1ccc([PH+](c2ccccc2)c2ccccc2)cc1. The van der Waals surface area contributed by atoms with Crippen molar-refractivity contribution in [3.63, 3.8) is 0 Å². The summed E-state index contributed by atoms with van der Waals surface area (Å²) < 4.78 is 1.17. The summed E-state index contributed by atoms with van der Waals surface area (Å²) in [5, 5.41) is 4.31. The predicted octanol–water partition coefficient (Wildman–Crippen LogP) is 13.0. The molecule has 314 valence electrons. The molecular formula is C54H61Cl2N2PRu. The molecule has 4 aliphatic carbocycles. The molecule has 1 heterocycles. The average molecular weight is 941 g/mol. The molecule has 0 radical (unpaired) electrons. The van der Waals surface area contributed by atoms with Gasteiger partial charge in [-0.2, -0.15) is 6.67 Å². The molecule has 5 aliphatic rings. The van der Waals surface area contributed by atoms with Crippen molar-refractivity contribution in [1.82, 2.24) is 9.80 Å². The van der Waals surface area contributed by atoms with Gasteiger partial charge in [0.25, 0.3) is 0 Å². The first kappa shape index (κ1) is 44.6. The number of benzene rings is 4. The number of fused-ring (bicyclic) bond motifs is 1. The first-order valence-electron chi connectivity index (χ1n) is 21.6. The summed E-state index contributed by atoms with van der Waals surface area (Å²) in [6.45, 7) is 18.7. The molecule has 1 fully saturated rings. The van der Waals surface area contributed by atoms with Crippen LogP contribution in [0.1, 0.15) is 72.8 Å². The maximum Gasteiger partial charge on any atom is 0.102 e. The zero-order valence-corrected chi connectivity index (χ0v) is 40.3. The minimum absolute atomic E-state index is 0.591. The quantitative estimate of drug-likeness (QED) is 0.0823. The summed E-state index contributed by atoms with van der Waals surface area (Å²) in [6.07, 6.45) is 16.4. The molecule has 0 amide bonds. The van der Waals surface area contributed by atoms with E-state index in [1.165, 1.54) is 72.0 Å². The van der Waals surface area contributed by atoms with Crippen molar-refractivity contribution in [3.05, 3.63) is 198 Å². The zero-order chi connectivity index (χ0) is 42.2. The van der Waals surface area contributed by atoms with Gasteiger partial charge in [-0.3, -0.25) is 0 Å². The Kier molecular flexibility index (Phi) is 15.7. The van der Waals surface area contributed by atoms with Crippen molar-refractivity contribution >= 4 is 52.9 Å². The Morgan fingerprint density at radius 1 is 0.650 bits per heavy atom. The summed E-state index contributed by atoms with van der Waals surface area (Å²) in [5.41, 5.74) is 11.2. The van der Waals surface area contributed by atoms with Gasteiger partial charge in [0, 0.05) is 6.04 Å². The van der Waals surface area contributed by atoms with E-state index < -0.39 is 21.4 Å². The van der Waals surface area contributed by atoms with Gasteiger partial charge in [0.05, 0.1) is 7.92 Å². The second kappa shape index (κ2) is 21.1. The summed E-state index contributed by atoms with van der Waals surface area (Å²) in [7, 11) is 11.6. The molecule has 60 heavy (non-hydrogen) atoms. The molecule has 0 bridgehead atoms. The number of allylic oxidation sites excluding steroid dienone is 11. The molecular weight excluding hydrogens is 880 g/mol. The number of rotatable bonds is 6. The summed E-state index contributed by atoms with van der Waals surface area (Å²) in [4.78, 5) is 5.13. The second-order valence-electron chi connectivity index (χ2n) is 17.0. The number of halogens is 2. The third kappa shape index (κ3) is 10.8. The second-order valence-corrected chi connectivity index (χ2v) is 25.3. The van der Waals surface area contributed by atoms with Crippen LogP contribution in [0.25, 0.3) is 5.57 Å². The minimum atomic E-state index is -1.85. The van der Waals surface area contributed by atoms with E-state index in [1.54, 1.807) is 5.57 Å². The van der Waals surface area contributed by atoms with E-state index in [2.05, 4.69) is 204 Å². The summed E-state index contributed by atoms with van der Waals surface area (Å²) in [6, 6.07) is 43.5. The third-order valence-electron chi connectivity index (χ3n) is 12.2. The largest absolute Gasteiger partial charge is 0.102 e. The normalized spacial score (nSPS) is 22.9. The molecule has 1 saturated heterocycles. The van der Waals surface area contributed by atoms with Crippen LogP contribution in [-0.2, 0) is 13.5 Å². The minimum Gasteiger partial charge on any atom is -0.0620 e. The van der Waals surface area contributed by atoms with E-state index in [9.17, 15) is 0 Å². The zero-order valence-electron chi connectivity index (χ0n) is 36.1. The molecule has 0 spiro atoms. The van der Waals surface area contributed by atoms with E-state index in [-0.39, 0.29) is 0 Å². The smallest absolute Gasteiger partial charge is 0.0620 e. The van der Waals surface area contributed by atoms with Gasteiger partial charge < -0.3 is 9.80 Å². The van der Waals surface area contributed by atoms with Crippen LogP contribution in [0.2, 0.25) is 0 Å². The van der Waals surface area contributed by atoms with Gasteiger partial charge in [-0.15, -0.1) is 0 Å². The van der Waals surface area contributed by atoms with Crippen molar-refractivity contribution in [1.29, 1.82) is 0 Å². The molecule has 4 aromatic rings. The van der Waals surface area contributed by atoms with Crippen molar-refractivity contribution in [3.8, 4) is 0 Å². The molecule has 4 atom stereocenters. The Bertz CT molecular complexity index is 2210. The Hall–Kier alpha value is -3.42. The van der Waals surface area contributed by atoms with Crippen molar-refractivity contribution in [2.24, 2.45) is 17.8 Å². The number of hydrogen-bond acceptors (Lipinski definition) is 2. The van der Waals surface area contributed by atoms with Crippen LogP contribution in [0.5, 0.6) is 0 Å². The van der Waals surface area contributed by atoms with Crippen LogP contribution in [0.3, 0.4) is 0 Å². The van der Waals surface area contributed by atoms with Crippen LogP contribution in [0.4, 0.5) is 0 Å². The molecule has 0 saturated carbocycles. The van der Waals surface area contributed by atoms with Crippen molar-refractivity contribution < 1.29 is 13.5 Å². The summed E-state index contributed by atoms with van der Waals surface area (Å²) >= 11 is -1.85. The molecule has 4 aromatic carbocycles. The Morgan fingerprint density at radius 3 is 1.70 bits per heavy atom. The topological polar surface area (TPSA) is 6.48 Å². The number of nitrogens with zero attached hydrogens (tertiary/aromatic N) is 2. The van der Waals surface area contributed by atoms with Gasteiger partial charge in [-0.05, 0) is 112 Å². The standard InChI is InChI=1S/C21H33N2.C18H15P.C15H12.2ClH.Ru/c1-14-9-16(3)20(17(4)10-14)22-7-8-23(13-22)21-18(5)11-15(2)12-19(21)6;1-4-10-16(11-5-1)19(17-12-6-2-7-13-17)18-14-8-3-9-15-18;1-2-6-12(7-3-1)15-11-10-13-8-4-5-9-14(13)15;;;/h9,11,13-14,17,19-20H,7-8,10,12H2,1-6H3;1-15H;1-3,6-9,11H,4-5H2;2*1H;/q-1;;;;;+2/p-1/t14?,17-,19+,20+;;;;;/m1...../s1. The first-order valence-corrected chi connectivity index (χ1v) is 28.5. The number of hydrogen-bond donors (Lipinski definition) is 0. The Morgan fingerprint density at radius 2 is 1.18 bits per heavy atom. The molecule has 2 nitrogen and oxygen atoms in total. The fourth-order valence-electron chi connectivity index (χ4n) is 9.97. The van der Waals surface area contributed by atoms with E-state index in [0.717, 1.165) is 37.8 Å². The van der Waals surface area contributed by atoms with Gasteiger partial charge in [0.1, 0.15) is 15.9 Å². The molecule has 0 N–H and O–H groups in total. The maximum atomic E-state index is 6.22. The molecule has 9 rings (SSSR count). The van der Waals surface area contributed by atoms with Crippen molar-refractivity contribution in [2.45, 2.75) is 73.3 Å². The van der Waals surface area contributed by atoms with Gasteiger partial charge in [0.15, 0.2) is 0 Å². The van der Waals surface area contributed by atoms with E-state index >= 15 is 0 Å². The van der Waals surface area contributed by atoms with E-state index in [1.807, 2.05) is 6.07 Å². The molecule has 0 aromatic heterocycles. The van der Waals surface area contributed by atoms with Gasteiger partial charge in [0.2, 0.25) is 0 Å². The fraction of sp³-hybridized carbons (Fsp3) is 0.296. The third-order valence-corrected chi connectivity index (χ3v) is 18.1. The molecule has 6 heteroatoms.